The molecule has 2 rings (SSSR count). The lowest BCUT2D eigenvalue weighted by Crippen LogP contribution is -2.33. The van der Waals surface area contributed by atoms with Crippen LogP contribution in [0.4, 0.5) is 0 Å². The molecule has 1 fully saturated rings. The maximum atomic E-state index is 12.1. The van der Waals surface area contributed by atoms with Gasteiger partial charge in [-0.25, -0.2) is 0 Å². The largest absolute Gasteiger partial charge is 0.377 e. The molecular weight excluding hydrogens is 222 g/mol. The number of methoxy groups -OCH3 is 1. The molecule has 0 radical (unpaired) electrons. The van der Waals surface area contributed by atoms with Gasteiger partial charge in [0, 0.05) is 32.3 Å². The summed E-state index contributed by atoms with van der Waals surface area (Å²) < 4.78 is 9.91. The van der Waals surface area contributed by atoms with Crippen LogP contribution in [-0.2, 0) is 11.3 Å². The van der Waals surface area contributed by atoms with Gasteiger partial charge in [-0.2, -0.15) is 0 Å². The van der Waals surface area contributed by atoms with Gasteiger partial charge in [0.1, 0.15) is 6.61 Å². The van der Waals surface area contributed by atoms with Crippen molar-refractivity contribution in [2.24, 2.45) is 0 Å². The summed E-state index contributed by atoms with van der Waals surface area (Å²) >= 11 is 0. The number of nitrogens with zero attached hydrogens (tertiary/aromatic N) is 2. The summed E-state index contributed by atoms with van der Waals surface area (Å²) in [5.41, 5.74) is 0.355. The molecule has 94 valence electrons. The molecule has 0 aromatic carbocycles. The van der Waals surface area contributed by atoms with Crippen molar-refractivity contribution in [3.8, 4) is 0 Å². The van der Waals surface area contributed by atoms with E-state index in [9.17, 15) is 4.79 Å². The number of likely N-dealkylation sites (tertiary alicyclic amines) is 1. The Morgan fingerprint density at radius 2 is 2.59 bits per heavy atom. The fourth-order valence-electron chi connectivity index (χ4n) is 1.97. The lowest BCUT2D eigenvalue weighted by molar-refractivity contribution is 0.0779. The third-order valence-corrected chi connectivity index (χ3v) is 2.95. The van der Waals surface area contributed by atoms with Crippen LogP contribution in [0.25, 0.3) is 0 Å². The minimum absolute atomic E-state index is 0.0751. The number of amides is 1. The van der Waals surface area contributed by atoms with Crippen molar-refractivity contribution in [3.05, 3.63) is 17.5 Å². The zero-order valence-corrected chi connectivity index (χ0v) is 10.1. The second-order valence-electron chi connectivity index (χ2n) is 4.14. The van der Waals surface area contributed by atoms with E-state index in [0.29, 0.717) is 24.1 Å². The first-order valence-electron chi connectivity index (χ1n) is 5.65. The van der Waals surface area contributed by atoms with E-state index in [2.05, 4.69) is 10.5 Å². The van der Waals surface area contributed by atoms with Crippen molar-refractivity contribution >= 4 is 5.91 Å². The molecule has 2 heterocycles. The fraction of sp³-hybridized carbons (Fsp3) is 0.636. The van der Waals surface area contributed by atoms with Crippen LogP contribution in [0, 0.1) is 0 Å². The van der Waals surface area contributed by atoms with E-state index in [1.54, 1.807) is 18.1 Å². The van der Waals surface area contributed by atoms with Gasteiger partial charge in [-0.1, -0.05) is 5.16 Å². The molecule has 0 spiro atoms. The Labute approximate surface area is 99.9 Å². The van der Waals surface area contributed by atoms with Gasteiger partial charge in [-0.15, -0.1) is 0 Å². The quantitative estimate of drug-likeness (QED) is 0.816. The Kier molecular flexibility index (Phi) is 3.75. The lowest BCUT2D eigenvalue weighted by Gasteiger charge is -2.14. The molecule has 1 saturated heterocycles. The lowest BCUT2D eigenvalue weighted by atomic mass is 10.3. The van der Waals surface area contributed by atoms with Crippen molar-refractivity contribution < 1.29 is 14.1 Å². The summed E-state index contributed by atoms with van der Waals surface area (Å²) in [5.74, 6) is 0.495. The number of carbonyl (C=O) groups excluding carboxylic acids is 1. The number of hydrogen-bond donors (Lipinski definition) is 1. The van der Waals surface area contributed by atoms with Crippen molar-refractivity contribution in [1.82, 2.24) is 15.4 Å². The SMILES string of the molecule is CNC1CCN(C(=O)c2cc(COC)on2)C1. The Morgan fingerprint density at radius 3 is 3.24 bits per heavy atom. The third kappa shape index (κ3) is 2.65. The fourth-order valence-corrected chi connectivity index (χ4v) is 1.97. The highest BCUT2D eigenvalue weighted by molar-refractivity contribution is 5.92. The molecule has 1 unspecified atom stereocenters. The van der Waals surface area contributed by atoms with Gasteiger partial charge in [-0.3, -0.25) is 4.79 Å². The van der Waals surface area contributed by atoms with Crippen molar-refractivity contribution in [1.29, 1.82) is 0 Å². The van der Waals surface area contributed by atoms with Crippen molar-refractivity contribution in [2.45, 2.75) is 19.1 Å². The van der Waals surface area contributed by atoms with Gasteiger partial charge < -0.3 is 19.5 Å². The molecule has 17 heavy (non-hydrogen) atoms. The summed E-state index contributed by atoms with van der Waals surface area (Å²) in [6.45, 7) is 1.82. The molecule has 0 saturated carbocycles. The summed E-state index contributed by atoms with van der Waals surface area (Å²) in [5, 5.41) is 6.93. The molecule has 1 atom stereocenters. The Bertz CT molecular complexity index is 391. The highest BCUT2D eigenvalue weighted by Gasteiger charge is 2.27. The number of rotatable bonds is 4. The summed E-state index contributed by atoms with van der Waals surface area (Å²) in [6, 6.07) is 2.02. The van der Waals surface area contributed by atoms with Gasteiger partial charge in [0.15, 0.2) is 11.5 Å². The van der Waals surface area contributed by atoms with E-state index < -0.39 is 0 Å². The second kappa shape index (κ2) is 5.29. The zero-order chi connectivity index (χ0) is 12.3. The third-order valence-electron chi connectivity index (χ3n) is 2.95. The van der Waals surface area contributed by atoms with Crippen LogP contribution in [0.1, 0.15) is 22.7 Å². The molecule has 0 aliphatic carbocycles. The predicted molar refractivity (Wildman–Crippen MR) is 60.6 cm³/mol. The Balaban J connectivity index is 1.99. The first-order valence-corrected chi connectivity index (χ1v) is 5.65. The molecule has 6 heteroatoms. The van der Waals surface area contributed by atoms with Gasteiger partial charge in [0.25, 0.3) is 5.91 Å². The topological polar surface area (TPSA) is 67.6 Å². The Morgan fingerprint density at radius 1 is 1.76 bits per heavy atom. The molecule has 1 aromatic rings. The highest BCUT2D eigenvalue weighted by atomic mass is 16.5. The monoisotopic (exact) mass is 239 g/mol. The maximum absolute atomic E-state index is 12.1. The molecule has 1 aromatic heterocycles. The molecule has 0 bridgehead atoms. The van der Waals surface area contributed by atoms with Crippen LogP contribution < -0.4 is 5.32 Å². The van der Waals surface area contributed by atoms with E-state index in [1.165, 1.54) is 0 Å². The maximum Gasteiger partial charge on any atom is 0.276 e. The number of ether oxygens (including phenoxy) is 1. The van der Waals surface area contributed by atoms with E-state index in [0.717, 1.165) is 19.5 Å². The Hall–Kier alpha value is -1.40. The molecule has 6 nitrogen and oxygen atoms in total. The summed E-state index contributed by atoms with van der Waals surface area (Å²) in [7, 11) is 3.48. The predicted octanol–water partition coefficient (Wildman–Crippen LogP) is 0.255. The zero-order valence-electron chi connectivity index (χ0n) is 10.1. The van der Waals surface area contributed by atoms with Crippen LogP contribution >= 0.6 is 0 Å². The summed E-state index contributed by atoms with van der Waals surface area (Å²) in [4.78, 5) is 13.8. The number of aromatic nitrogens is 1. The van der Waals surface area contributed by atoms with Crippen LogP contribution in [0.15, 0.2) is 10.6 Å². The van der Waals surface area contributed by atoms with Crippen molar-refractivity contribution in [2.75, 3.05) is 27.2 Å². The highest BCUT2D eigenvalue weighted by Crippen LogP contribution is 2.14. The van der Waals surface area contributed by atoms with Crippen LogP contribution in [0.2, 0.25) is 0 Å². The average Bonchev–Trinajstić information content (AvgIpc) is 2.97. The van der Waals surface area contributed by atoms with Gasteiger partial charge in [0.05, 0.1) is 0 Å². The first-order chi connectivity index (χ1) is 8.24. The normalized spacial score (nSPS) is 19.9. The molecular formula is C11H17N3O3. The van der Waals surface area contributed by atoms with Gasteiger partial charge in [0.2, 0.25) is 0 Å². The standard InChI is InChI=1S/C11H17N3O3/c1-12-8-3-4-14(6-8)11(15)10-5-9(7-16-2)17-13-10/h5,8,12H,3-4,6-7H2,1-2H3. The number of nitrogens with one attached hydrogen (secondary N) is 1. The van der Waals surface area contributed by atoms with Gasteiger partial charge in [-0.05, 0) is 13.5 Å². The molecule has 1 amide bonds. The molecule has 1 aliphatic heterocycles. The average molecular weight is 239 g/mol. The number of carbonyl (C=O) groups is 1. The number of hydrogen-bond acceptors (Lipinski definition) is 5. The van der Waals surface area contributed by atoms with E-state index in [1.807, 2.05) is 7.05 Å². The number of likely N-dealkylation sites (N-methyl/N-ethyl adjacent to an activating group) is 1. The minimum atomic E-state index is -0.0751. The summed E-state index contributed by atoms with van der Waals surface area (Å²) in [6.07, 6.45) is 0.977. The van der Waals surface area contributed by atoms with Gasteiger partial charge >= 0.3 is 0 Å². The van der Waals surface area contributed by atoms with E-state index in [-0.39, 0.29) is 5.91 Å². The van der Waals surface area contributed by atoms with Crippen molar-refractivity contribution in [3.63, 3.8) is 0 Å². The smallest absolute Gasteiger partial charge is 0.276 e. The molecule has 1 N–H and O–H groups in total. The van der Waals surface area contributed by atoms with Crippen LogP contribution in [0.3, 0.4) is 0 Å². The van der Waals surface area contributed by atoms with Crippen LogP contribution in [0.5, 0.6) is 0 Å². The van der Waals surface area contributed by atoms with E-state index >= 15 is 0 Å². The second-order valence-corrected chi connectivity index (χ2v) is 4.14. The molecule has 1 aliphatic rings. The first kappa shape index (κ1) is 12.1. The minimum Gasteiger partial charge on any atom is -0.377 e. The van der Waals surface area contributed by atoms with Crippen LogP contribution in [-0.4, -0.2) is 49.3 Å². The van der Waals surface area contributed by atoms with E-state index in [4.69, 9.17) is 9.26 Å².